The van der Waals surface area contributed by atoms with Crippen molar-refractivity contribution < 1.29 is 28.6 Å². The molecule has 0 heterocycles. The van der Waals surface area contributed by atoms with E-state index in [-0.39, 0.29) is 31.1 Å². The van der Waals surface area contributed by atoms with E-state index in [9.17, 15) is 14.4 Å². The molecule has 0 amide bonds. The summed E-state index contributed by atoms with van der Waals surface area (Å²) in [7, 11) is 0. The maximum atomic E-state index is 12.9. The van der Waals surface area contributed by atoms with E-state index < -0.39 is 6.10 Å². The first-order valence-electron chi connectivity index (χ1n) is 35.1. The maximum absolute atomic E-state index is 12.9. The molecule has 0 aromatic rings. The molecule has 0 saturated heterocycles. The second-order valence-corrected chi connectivity index (χ2v) is 23.8. The number of carbonyl (C=O) groups is 3. The summed E-state index contributed by atoms with van der Waals surface area (Å²) < 4.78 is 17.0. The Morgan fingerprint density at radius 3 is 0.734 bits per heavy atom. The van der Waals surface area contributed by atoms with Crippen LogP contribution in [-0.2, 0) is 28.6 Å². The molecule has 0 aliphatic rings. The van der Waals surface area contributed by atoms with Gasteiger partial charge in [-0.05, 0) is 83.5 Å². The number of allylic oxidation sites excluding steroid dienone is 8. The molecule has 0 N–H and O–H groups in total. The van der Waals surface area contributed by atoms with Crippen LogP contribution in [0.25, 0.3) is 0 Å². The molecule has 0 radical (unpaired) electrons. The third kappa shape index (κ3) is 66.1. The summed E-state index contributed by atoms with van der Waals surface area (Å²) in [5.41, 5.74) is 0. The number of rotatable bonds is 65. The van der Waals surface area contributed by atoms with E-state index in [1.54, 1.807) is 0 Å². The van der Waals surface area contributed by atoms with Gasteiger partial charge in [0.2, 0.25) is 0 Å². The van der Waals surface area contributed by atoms with E-state index in [0.29, 0.717) is 19.3 Å². The van der Waals surface area contributed by atoms with Gasteiger partial charge in [-0.25, -0.2) is 0 Å². The Hall–Kier alpha value is -2.63. The van der Waals surface area contributed by atoms with E-state index in [1.807, 2.05) is 0 Å². The Bertz CT molecular complexity index is 1360. The highest BCUT2D eigenvalue weighted by atomic mass is 16.6. The number of esters is 3. The summed E-state index contributed by atoms with van der Waals surface area (Å²) in [5.74, 6) is -0.876. The molecule has 1 atom stereocenters. The van der Waals surface area contributed by atoms with Crippen LogP contribution in [0, 0.1) is 0 Å². The van der Waals surface area contributed by atoms with Crippen LogP contribution in [0.4, 0.5) is 0 Å². The average Bonchev–Trinajstić information content (AvgIpc) is 3.45. The zero-order chi connectivity index (χ0) is 57.1. The highest BCUT2D eigenvalue weighted by Gasteiger charge is 2.19. The van der Waals surface area contributed by atoms with Crippen LogP contribution in [0.1, 0.15) is 380 Å². The summed E-state index contributed by atoms with van der Waals surface area (Å²) in [4.78, 5) is 38.4. The number of carbonyl (C=O) groups excluding carboxylic acids is 3. The van der Waals surface area contributed by atoms with Crippen LogP contribution in [0.3, 0.4) is 0 Å². The second-order valence-electron chi connectivity index (χ2n) is 23.8. The molecule has 462 valence electrons. The summed E-state index contributed by atoms with van der Waals surface area (Å²) in [5, 5.41) is 0. The minimum Gasteiger partial charge on any atom is -0.462 e. The van der Waals surface area contributed by atoms with Crippen molar-refractivity contribution in [1.29, 1.82) is 0 Å². The van der Waals surface area contributed by atoms with Gasteiger partial charge >= 0.3 is 17.9 Å². The van der Waals surface area contributed by atoms with Crippen molar-refractivity contribution in [2.45, 2.75) is 386 Å². The van der Waals surface area contributed by atoms with Crippen molar-refractivity contribution in [3.8, 4) is 0 Å². The summed E-state index contributed by atoms with van der Waals surface area (Å²) in [6, 6.07) is 0. The van der Waals surface area contributed by atoms with Crippen LogP contribution >= 0.6 is 0 Å². The average molecular weight is 1110 g/mol. The Morgan fingerprint density at radius 2 is 0.456 bits per heavy atom. The van der Waals surface area contributed by atoms with Gasteiger partial charge in [0.1, 0.15) is 13.2 Å². The Labute approximate surface area is 492 Å². The topological polar surface area (TPSA) is 78.9 Å². The largest absolute Gasteiger partial charge is 0.462 e. The predicted octanol–water partition coefficient (Wildman–Crippen LogP) is 24.1. The van der Waals surface area contributed by atoms with Gasteiger partial charge in [0.25, 0.3) is 0 Å². The fraction of sp³-hybridized carbons (Fsp3) is 0.849. The van der Waals surface area contributed by atoms with Gasteiger partial charge in [-0.15, -0.1) is 0 Å². The molecule has 1 unspecified atom stereocenters. The molecule has 0 bridgehead atoms. The molecule has 79 heavy (non-hydrogen) atoms. The number of hydrogen-bond donors (Lipinski definition) is 0. The van der Waals surface area contributed by atoms with E-state index >= 15 is 0 Å². The summed E-state index contributed by atoms with van der Waals surface area (Å²) in [6.45, 7) is 6.66. The Balaban J connectivity index is 4.24. The van der Waals surface area contributed by atoms with Crippen molar-refractivity contribution in [3.63, 3.8) is 0 Å². The monoisotopic (exact) mass is 1110 g/mol. The van der Waals surface area contributed by atoms with E-state index in [0.717, 1.165) is 83.5 Å². The van der Waals surface area contributed by atoms with Gasteiger partial charge in [0.15, 0.2) is 6.10 Å². The molecule has 0 rings (SSSR count). The van der Waals surface area contributed by atoms with E-state index in [4.69, 9.17) is 14.2 Å². The predicted molar refractivity (Wildman–Crippen MR) is 344 cm³/mol. The van der Waals surface area contributed by atoms with Gasteiger partial charge in [-0.2, -0.15) is 0 Å². The van der Waals surface area contributed by atoms with Gasteiger partial charge in [0.05, 0.1) is 0 Å². The third-order valence-electron chi connectivity index (χ3n) is 15.8. The van der Waals surface area contributed by atoms with Gasteiger partial charge in [-0.3, -0.25) is 14.4 Å². The number of ether oxygens (including phenoxy) is 3. The molecule has 0 aromatic carbocycles. The minimum absolute atomic E-state index is 0.0774. The lowest BCUT2D eigenvalue weighted by Crippen LogP contribution is -2.30. The lowest BCUT2D eigenvalue weighted by Gasteiger charge is -2.18. The lowest BCUT2D eigenvalue weighted by atomic mass is 10.0. The fourth-order valence-corrected chi connectivity index (χ4v) is 10.5. The molecule has 0 aliphatic heterocycles. The van der Waals surface area contributed by atoms with E-state index in [2.05, 4.69) is 69.4 Å². The van der Waals surface area contributed by atoms with Crippen molar-refractivity contribution in [1.82, 2.24) is 0 Å². The van der Waals surface area contributed by atoms with Crippen LogP contribution in [0.15, 0.2) is 48.6 Å². The first-order chi connectivity index (χ1) is 39.0. The number of hydrogen-bond acceptors (Lipinski definition) is 6. The number of unbranched alkanes of at least 4 members (excludes halogenated alkanes) is 46. The SMILES string of the molecule is CCCCCC/C=C\CCCCCCCC(=O)OCC(COC(=O)CCCCCCCCCCCCCCCCCCCCCCCCCCCCC)OC(=O)CCCCCCCC/C=C\C/C=C\C/C=C\CCCCCCC. The van der Waals surface area contributed by atoms with Crippen molar-refractivity contribution in [2.75, 3.05) is 13.2 Å². The first-order valence-corrected chi connectivity index (χ1v) is 35.1. The molecule has 6 heteroatoms. The van der Waals surface area contributed by atoms with Crippen LogP contribution in [-0.4, -0.2) is 37.2 Å². The zero-order valence-electron chi connectivity index (χ0n) is 53.2. The highest BCUT2D eigenvalue weighted by Crippen LogP contribution is 2.18. The highest BCUT2D eigenvalue weighted by molar-refractivity contribution is 5.71. The fourth-order valence-electron chi connectivity index (χ4n) is 10.5. The van der Waals surface area contributed by atoms with Crippen molar-refractivity contribution in [3.05, 3.63) is 48.6 Å². The second kappa shape index (κ2) is 67.9. The normalized spacial score (nSPS) is 12.3. The van der Waals surface area contributed by atoms with Crippen LogP contribution in [0.2, 0.25) is 0 Å². The van der Waals surface area contributed by atoms with Crippen molar-refractivity contribution in [2.24, 2.45) is 0 Å². The molecular weight excluding hydrogens is 973 g/mol. The zero-order valence-corrected chi connectivity index (χ0v) is 53.2. The molecule has 0 aromatic heterocycles. The molecule has 0 aliphatic carbocycles. The molecule has 0 spiro atoms. The summed E-state index contributed by atoms with van der Waals surface area (Å²) >= 11 is 0. The Kier molecular flexibility index (Phi) is 65.6. The standard InChI is InChI=1S/C73H134O6/c1-4-7-10-13-16-19-22-25-27-29-31-33-34-35-36-37-38-40-41-43-45-48-51-54-57-60-63-66-72(75)78-69-70(68-77-71(74)65-62-59-56-53-50-47-24-21-18-15-12-9-6-3)79-73(76)67-64-61-58-55-52-49-46-44-42-39-32-30-28-26-23-20-17-14-11-8-5-2/h21,23-24,26,30,32,42,44,70H,4-20,22,25,27-29,31,33-41,43,45-69H2,1-3H3/b24-21-,26-23-,32-30-,44-42-. The molecular formula is C73H134O6. The third-order valence-corrected chi connectivity index (χ3v) is 15.8. The molecule has 6 nitrogen and oxygen atoms in total. The van der Waals surface area contributed by atoms with Gasteiger partial charge in [0, 0.05) is 19.3 Å². The summed E-state index contributed by atoms with van der Waals surface area (Å²) in [6.07, 6.45) is 85.7. The molecule has 0 fully saturated rings. The molecule has 0 saturated carbocycles. The van der Waals surface area contributed by atoms with Crippen LogP contribution in [0.5, 0.6) is 0 Å². The van der Waals surface area contributed by atoms with Gasteiger partial charge in [-0.1, -0.05) is 326 Å². The van der Waals surface area contributed by atoms with Crippen LogP contribution < -0.4 is 0 Å². The first kappa shape index (κ1) is 76.4. The van der Waals surface area contributed by atoms with Gasteiger partial charge < -0.3 is 14.2 Å². The van der Waals surface area contributed by atoms with Crippen molar-refractivity contribution >= 4 is 17.9 Å². The van der Waals surface area contributed by atoms with E-state index in [1.165, 1.54) is 257 Å². The minimum atomic E-state index is -0.783. The smallest absolute Gasteiger partial charge is 0.306 e. The Morgan fingerprint density at radius 1 is 0.253 bits per heavy atom. The maximum Gasteiger partial charge on any atom is 0.306 e. The quantitative estimate of drug-likeness (QED) is 0.0261. The lowest BCUT2D eigenvalue weighted by molar-refractivity contribution is -0.167.